The topological polar surface area (TPSA) is 48.5 Å². The van der Waals surface area contributed by atoms with Crippen LogP contribution < -0.4 is 10.2 Å². The monoisotopic (exact) mass is 358 g/mol. The maximum atomic E-state index is 12.5. The molecule has 1 amide bonds. The fourth-order valence-electron chi connectivity index (χ4n) is 3.78. The van der Waals surface area contributed by atoms with Gasteiger partial charge in [-0.25, -0.2) is 4.98 Å². The van der Waals surface area contributed by atoms with Crippen molar-refractivity contribution in [2.45, 2.75) is 38.6 Å². The molecule has 4 rings (SSSR count). The lowest BCUT2D eigenvalue weighted by Gasteiger charge is -2.33. The number of aromatic nitrogens is 1. The van der Waals surface area contributed by atoms with Crippen LogP contribution in [-0.4, -0.2) is 54.6 Å². The summed E-state index contributed by atoms with van der Waals surface area (Å²) in [6.45, 7) is 7.59. The lowest BCUT2D eigenvalue weighted by atomic mass is 10.1. The Labute approximate surface area is 153 Å². The van der Waals surface area contributed by atoms with Gasteiger partial charge in [-0.3, -0.25) is 4.79 Å². The molecular weight excluding hydrogens is 332 g/mol. The van der Waals surface area contributed by atoms with Gasteiger partial charge in [0.05, 0.1) is 10.2 Å². The lowest BCUT2D eigenvalue weighted by Crippen LogP contribution is -2.46. The molecule has 2 heterocycles. The number of rotatable bonds is 4. The van der Waals surface area contributed by atoms with Crippen molar-refractivity contribution in [3.8, 4) is 0 Å². The summed E-state index contributed by atoms with van der Waals surface area (Å²) in [4.78, 5) is 22.1. The van der Waals surface area contributed by atoms with Crippen molar-refractivity contribution in [3.05, 3.63) is 23.8 Å². The molecule has 1 aromatic heterocycles. The Morgan fingerprint density at radius 2 is 2.00 bits per heavy atom. The molecule has 1 aliphatic heterocycles. The molecule has 1 saturated carbocycles. The molecule has 1 aliphatic carbocycles. The fourth-order valence-corrected chi connectivity index (χ4v) is 4.84. The van der Waals surface area contributed by atoms with Crippen LogP contribution in [0.3, 0.4) is 0 Å². The number of nitrogens with one attached hydrogen (secondary N) is 1. The first kappa shape index (κ1) is 16.8. The zero-order valence-corrected chi connectivity index (χ0v) is 15.6. The minimum atomic E-state index is 0.0558. The van der Waals surface area contributed by atoms with Crippen molar-refractivity contribution >= 4 is 32.6 Å². The lowest BCUT2D eigenvalue weighted by molar-refractivity contribution is 0.0938. The van der Waals surface area contributed by atoms with Crippen molar-refractivity contribution < 1.29 is 4.79 Å². The molecule has 0 bridgehead atoms. The van der Waals surface area contributed by atoms with Crippen LogP contribution in [0.4, 0.5) is 5.13 Å². The summed E-state index contributed by atoms with van der Waals surface area (Å²) in [7, 11) is 0. The van der Waals surface area contributed by atoms with Gasteiger partial charge in [0, 0.05) is 37.8 Å². The SMILES string of the molecule is CCN1CCN(c2nc3ccc(C(=O)NC4CCCC4)cc3s2)CC1. The molecule has 1 N–H and O–H groups in total. The number of fused-ring (bicyclic) bond motifs is 1. The number of thiazole rings is 1. The highest BCUT2D eigenvalue weighted by molar-refractivity contribution is 7.22. The van der Waals surface area contributed by atoms with E-state index in [-0.39, 0.29) is 5.91 Å². The summed E-state index contributed by atoms with van der Waals surface area (Å²) < 4.78 is 1.10. The first-order chi connectivity index (χ1) is 12.2. The maximum Gasteiger partial charge on any atom is 0.251 e. The standard InChI is InChI=1S/C19H26N4OS/c1-2-22-9-11-23(12-10-22)19-21-16-8-7-14(13-17(16)25-19)18(24)20-15-5-3-4-6-15/h7-8,13,15H,2-6,9-12H2,1H3,(H,20,24). The number of benzene rings is 1. The van der Waals surface area contributed by atoms with E-state index < -0.39 is 0 Å². The summed E-state index contributed by atoms with van der Waals surface area (Å²) in [6.07, 6.45) is 4.69. The minimum absolute atomic E-state index is 0.0558. The van der Waals surface area contributed by atoms with Gasteiger partial charge in [0.2, 0.25) is 0 Å². The molecule has 1 aromatic carbocycles. The predicted octanol–water partition coefficient (Wildman–Crippen LogP) is 3.11. The van der Waals surface area contributed by atoms with E-state index in [2.05, 4.69) is 22.0 Å². The van der Waals surface area contributed by atoms with Gasteiger partial charge in [0.1, 0.15) is 0 Å². The van der Waals surface area contributed by atoms with Crippen LogP contribution in [0.2, 0.25) is 0 Å². The molecule has 0 radical (unpaired) electrons. The van der Waals surface area contributed by atoms with Gasteiger partial charge in [0.15, 0.2) is 5.13 Å². The second-order valence-electron chi connectivity index (χ2n) is 7.06. The third-order valence-electron chi connectivity index (χ3n) is 5.42. The largest absolute Gasteiger partial charge is 0.349 e. The highest BCUT2D eigenvalue weighted by Gasteiger charge is 2.20. The number of carbonyl (C=O) groups is 1. The van der Waals surface area contributed by atoms with Crippen molar-refractivity contribution in [2.24, 2.45) is 0 Å². The summed E-state index contributed by atoms with van der Waals surface area (Å²) in [5, 5.41) is 4.25. The van der Waals surface area contributed by atoms with Crippen LogP contribution >= 0.6 is 11.3 Å². The van der Waals surface area contributed by atoms with Crippen molar-refractivity contribution in [2.75, 3.05) is 37.6 Å². The maximum absolute atomic E-state index is 12.5. The van der Waals surface area contributed by atoms with E-state index in [1.54, 1.807) is 11.3 Å². The molecule has 1 saturated heterocycles. The molecule has 25 heavy (non-hydrogen) atoms. The third kappa shape index (κ3) is 3.65. The molecule has 134 valence electrons. The molecule has 0 spiro atoms. The first-order valence-corrected chi connectivity index (χ1v) is 10.2. The number of anilines is 1. The van der Waals surface area contributed by atoms with Gasteiger partial charge in [-0.2, -0.15) is 0 Å². The van der Waals surface area contributed by atoms with E-state index in [4.69, 9.17) is 4.98 Å². The molecule has 6 heteroatoms. The molecule has 0 unspecified atom stereocenters. The van der Waals surface area contributed by atoms with Crippen molar-refractivity contribution in [3.63, 3.8) is 0 Å². The average molecular weight is 359 g/mol. The van der Waals surface area contributed by atoms with Gasteiger partial charge in [-0.05, 0) is 37.6 Å². The van der Waals surface area contributed by atoms with E-state index in [0.717, 1.165) is 66.5 Å². The van der Waals surface area contributed by atoms with Crippen LogP contribution in [0, 0.1) is 0 Å². The van der Waals surface area contributed by atoms with Crippen LogP contribution in [-0.2, 0) is 0 Å². The Balaban J connectivity index is 1.48. The first-order valence-electron chi connectivity index (χ1n) is 9.41. The number of amides is 1. The van der Waals surface area contributed by atoms with Crippen LogP contribution in [0.25, 0.3) is 10.2 Å². The Hall–Kier alpha value is -1.66. The van der Waals surface area contributed by atoms with E-state index in [0.29, 0.717) is 6.04 Å². The van der Waals surface area contributed by atoms with E-state index in [1.165, 1.54) is 12.8 Å². The van der Waals surface area contributed by atoms with Gasteiger partial charge in [0.25, 0.3) is 5.91 Å². The van der Waals surface area contributed by atoms with Gasteiger partial charge >= 0.3 is 0 Å². The Bertz CT molecular complexity index is 745. The minimum Gasteiger partial charge on any atom is -0.349 e. The Morgan fingerprint density at radius 1 is 1.24 bits per heavy atom. The molecule has 2 fully saturated rings. The normalized spacial score (nSPS) is 19.6. The van der Waals surface area contributed by atoms with Crippen molar-refractivity contribution in [1.82, 2.24) is 15.2 Å². The fraction of sp³-hybridized carbons (Fsp3) is 0.579. The van der Waals surface area contributed by atoms with E-state index in [9.17, 15) is 4.79 Å². The van der Waals surface area contributed by atoms with Crippen LogP contribution in [0.1, 0.15) is 43.0 Å². The number of piperazine rings is 1. The molecule has 5 nitrogen and oxygen atoms in total. The van der Waals surface area contributed by atoms with E-state index >= 15 is 0 Å². The number of hydrogen-bond donors (Lipinski definition) is 1. The molecule has 0 atom stereocenters. The predicted molar refractivity (Wildman–Crippen MR) is 104 cm³/mol. The summed E-state index contributed by atoms with van der Waals surface area (Å²) >= 11 is 1.70. The number of likely N-dealkylation sites (N-methyl/N-ethyl adjacent to an activating group) is 1. The molecular formula is C19H26N4OS. The number of hydrogen-bond acceptors (Lipinski definition) is 5. The third-order valence-corrected chi connectivity index (χ3v) is 6.50. The van der Waals surface area contributed by atoms with Gasteiger partial charge in [-0.1, -0.05) is 31.1 Å². The number of nitrogens with zero attached hydrogens (tertiary/aromatic N) is 3. The van der Waals surface area contributed by atoms with Gasteiger partial charge in [-0.15, -0.1) is 0 Å². The smallest absolute Gasteiger partial charge is 0.251 e. The zero-order chi connectivity index (χ0) is 17.2. The second-order valence-corrected chi connectivity index (χ2v) is 8.06. The summed E-state index contributed by atoms with van der Waals surface area (Å²) in [6, 6.07) is 6.25. The van der Waals surface area contributed by atoms with Gasteiger partial charge < -0.3 is 15.1 Å². The highest BCUT2D eigenvalue weighted by Crippen LogP contribution is 2.30. The summed E-state index contributed by atoms with van der Waals surface area (Å²) in [5.74, 6) is 0.0558. The molecule has 2 aromatic rings. The second kappa shape index (κ2) is 7.30. The zero-order valence-electron chi connectivity index (χ0n) is 14.8. The average Bonchev–Trinajstić information content (AvgIpc) is 3.30. The Morgan fingerprint density at radius 3 is 2.72 bits per heavy atom. The van der Waals surface area contributed by atoms with Crippen LogP contribution in [0.5, 0.6) is 0 Å². The Kier molecular flexibility index (Phi) is 4.90. The van der Waals surface area contributed by atoms with Crippen LogP contribution in [0.15, 0.2) is 18.2 Å². The quantitative estimate of drug-likeness (QED) is 0.912. The number of carbonyl (C=O) groups excluding carboxylic acids is 1. The van der Waals surface area contributed by atoms with E-state index in [1.807, 2.05) is 18.2 Å². The summed E-state index contributed by atoms with van der Waals surface area (Å²) in [5.41, 5.74) is 1.75. The molecule has 2 aliphatic rings. The highest BCUT2D eigenvalue weighted by atomic mass is 32.1. The van der Waals surface area contributed by atoms with Crippen molar-refractivity contribution in [1.29, 1.82) is 0 Å².